The number of hydrogen-bond donors (Lipinski definition) is 1. The molecule has 1 N–H and O–H groups in total. The second-order valence-corrected chi connectivity index (χ2v) is 5.42. The Morgan fingerprint density at radius 1 is 1.33 bits per heavy atom. The van der Waals surface area contributed by atoms with Gasteiger partial charge in [-0.2, -0.15) is 0 Å². The number of hydrogen-bond acceptors (Lipinski definition) is 3. The summed E-state index contributed by atoms with van der Waals surface area (Å²) in [4.78, 5) is 0. The van der Waals surface area contributed by atoms with Gasteiger partial charge in [0.1, 0.15) is 12.4 Å². The van der Waals surface area contributed by atoms with Crippen LogP contribution in [0.2, 0.25) is 0 Å². The summed E-state index contributed by atoms with van der Waals surface area (Å²) in [5.41, 5.74) is 0. The lowest BCUT2D eigenvalue weighted by molar-refractivity contribution is 0.282. The highest BCUT2D eigenvalue weighted by Gasteiger charge is 2.26. The molecule has 1 aromatic rings. The maximum Gasteiger partial charge on any atom is 0.212 e. The molecule has 0 radical (unpaired) electrons. The third-order valence-electron chi connectivity index (χ3n) is 2.28. The summed E-state index contributed by atoms with van der Waals surface area (Å²) < 4.78 is 30.2. The predicted octanol–water partition coefficient (Wildman–Crippen LogP) is 0.757. The average molecular weight is 227 g/mol. The minimum atomic E-state index is -3.03. The van der Waals surface area contributed by atoms with Crippen LogP contribution in [0.1, 0.15) is 6.42 Å². The van der Waals surface area contributed by atoms with E-state index < -0.39 is 10.0 Å². The Balaban J connectivity index is 1.85. The molecule has 5 heteroatoms. The molecule has 1 aliphatic heterocycles. The number of benzene rings is 1. The topological polar surface area (TPSA) is 55.4 Å². The maximum atomic E-state index is 11.1. The second kappa shape index (κ2) is 4.20. The lowest BCUT2D eigenvalue weighted by atomic mass is 10.2. The molecular formula is C10H13NO3S. The van der Waals surface area contributed by atoms with Gasteiger partial charge in [-0.15, -0.1) is 0 Å². The van der Waals surface area contributed by atoms with Crippen molar-refractivity contribution in [3.63, 3.8) is 0 Å². The first-order chi connectivity index (χ1) is 7.16. The molecule has 1 saturated heterocycles. The zero-order valence-electron chi connectivity index (χ0n) is 8.22. The van der Waals surface area contributed by atoms with Crippen molar-refractivity contribution in [1.29, 1.82) is 0 Å². The van der Waals surface area contributed by atoms with Crippen molar-refractivity contribution in [2.75, 3.05) is 12.4 Å². The molecule has 0 amide bonds. The van der Waals surface area contributed by atoms with Crippen LogP contribution in [-0.4, -0.2) is 26.8 Å². The Bertz CT molecular complexity index is 416. The van der Waals surface area contributed by atoms with Gasteiger partial charge in [0.25, 0.3) is 0 Å². The molecule has 0 saturated carbocycles. The average Bonchev–Trinajstić information content (AvgIpc) is 2.57. The fourth-order valence-electron chi connectivity index (χ4n) is 1.50. The van der Waals surface area contributed by atoms with Gasteiger partial charge in [0.05, 0.1) is 11.8 Å². The lowest BCUT2D eigenvalue weighted by Crippen LogP contribution is -2.30. The maximum absolute atomic E-state index is 11.1. The molecule has 0 spiro atoms. The van der Waals surface area contributed by atoms with Crippen LogP contribution in [-0.2, 0) is 10.0 Å². The van der Waals surface area contributed by atoms with Gasteiger partial charge in [-0.1, -0.05) is 18.2 Å². The first-order valence-corrected chi connectivity index (χ1v) is 6.49. The normalized spacial score (nSPS) is 23.9. The van der Waals surface area contributed by atoms with Crippen molar-refractivity contribution in [2.24, 2.45) is 0 Å². The second-order valence-electron chi connectivity index (χ2n) is 3.55. The number of sulfonamides is 1. The summed E-state index contributed by atoms with van der Waals surface area (Å²) in [6.45, 7) is 0.392. The van der Waals surface area contributed by atoms with Crippen molar-refractivity contribution in [3.05, 3.63) is 30.3 Å². The highest BCUT2D eigenvalue weighted by Crippen LogP contribution is 2.12. The van der Waals surface area contributed by atoms with Crippen LogP contribution in [0.4, 0.5) is 0 Å². The van der Waals surface area contributed by atoms with E-state index in [9.17, 15) is 8.42 Å². The van der Waals surface area contributed by atoms with E-state index in [4.69, 9.17) is 4.74 Å². The molecule has 1 aromatic carbocycles. The quantitative estimate of drug-likeness (QED) is 0.829. The van der Waals surface area contributed by atoms with E-state index in [-0.39, 0.29) is 11.8 Å². The summed E-state index contributed by atoms with van der Waals surface area (Å²) >= 11 is 0. The third-order valence-corrected chi connectivity index (χ3v) is 3.74. The third kappa shape index (κ3) is 2.94. The van der Waals surface area contributed by atoms with Crippen LogP contribution in [0.3, 0.4) is 0 Å². The number of nitrogens with one attached hydrogen (secondary N) is 1. The smallest absolute Gasteiger partial charge is 0.212 e. The summed E-state index contributed by atoms with van der Waals surface area (Å²) in [7, 11) is -3.03. The molecule has 15 heavy (non-hydrogen) atoms. The van der Waals surface area contributed by atoms with E-state index in [1.165, 1.54) is 0 Å². The van der Waals surface area contributed by atoms with Gasteiger partial charge in [-0.25, -0.2) is 13.1 Å². The minimum absolute atomic E-state index is 0.0878. The van der Waals surface area contributed by atoms with E-state index in [1.807, 2.05) is 30.3 Å². The Morgan fingerprint density at radius 3 is 2.67 bits per heavy atom. The van der Waals surface area contributed by atoms with Gasteiger partial charge in [-0.3, -0.25) is 0 Å². The SMILES string of the molecule is O=S1(=O)CC[C@H](COc2ccccc2)N1. The summed E-state index contributed by atoms with van der Waals surface area (Å²) in [6.07, 6.45) is 0.620. The van der Waals surface area contributed by atoms with Crippen LogP contribution in [0.15, 0.2) is 30.3 Å². The van der Waals surface area contributed by atoms with Crippen molar-refractivity contribution < 1.29 is 13.2 Å². The van der Waals surface area contributed by atoms with Crippen LogP contribution in [0.25, 0.3) is 0 Å². The van der Waals surface area contributed by atoms with Crippen LogP contribution in [0.5, 0.6) is 5.75 Å². The highest BCUT2D eigenvalue weighted by atomic mass is 32.2. The molecule has 1 atom stereocenters. The first-order valence-electron chi connectivity index (χ1n) is 4.83. The van der Waals surface area contributed by atoms with Gasteiger partial charge in [0.2, 0.25) is 10.0 Å². The highest BCUT2D eigenvalue weighted by molar-refractivity contribution is 7.89. The summed E-state index contributed by atoms with van der Waals surface area (Å²) in [5.74, 6) is 0.971. The molecule has 4 nitrogen and oxygen atoms in total. The van der Waals surface area contributed by atoms with Crippen molar-refractivity contribution in [2.45, 2.75) is 12.5 Å². The fourth-order valence-corrected chi connectivity index (χ4v) is 2.91. The Morgan fingerprint density at radius 2 is 2.07 bits per heavy atom. The van der Waals surface area contributed by atoms with Gasteiger partial charge in [0.15, 0.2) is 0 Å². The molecule has 1 aliphatic rings. The number of ether oxygens (including phenoxy) is 1. The van der Waals surface area contributed by atoms with E-state index in [0.717, 1.165) is 5.75 Å². The minimum Gasteiger partial charge on any atom is -0.492 e. The molecule has 0 unspecified atom stereocenters. The largest absolute Gasteiger partial charge is 0.492 e. The molecule has 1 heterocycles. The van der Waals surface area contributed by atoms with Crippen LogP contribution < -0.4 is 9.46 Å². The molecule has 2 rings (SSSR count). The van der Waals surface area contributed by atoms with Crippen molar-refractivity contribution in [3.8, 4) is 5.75 Å². The van der Waals surface area contributed by atoms with Crippen molar-refractivity contribution in [1.82, 2.24) is 4.72 Å². The van der Waals surface area contributed by atoms with Gasteiger partial charge in [-0.05, 0) is 18.6 Å². The monoisotopic (exact) mass is 227 g/mol. The number of rotatable bonds is 3. The van der Waals surface area contributed by atoms with Crippen LogP contribution in [0, 0.1) is 0 Å². The van der Waals surface area contributed by atoms with Crippen LogP contribution >= 0.6 is 0 Å². The zero-order chi connectivity index (χ0) is 10.7. The Hall–Kier alpha value is -1.07. The molecule has 82 valence electrons. The summed E-state index contributed by atoms with van der Waals surface area (Å²) in [5, 5.41) is 0. The van der Waals surface area contributed by atoms with E-state index in [1.54, 1.807) is 0 Å². The Labute approximate surface area is 89.3 Å². The van der Waals surface area contributed by atoms with E-state index >= 15 is 0 Å². The predicted molar refractivity (Wildman–Crippen MR) is 57.3 cm³/mol. The standard InChI is InChI=1S/C10H13NO3S/c12-15(13)7-6-9(11-15)8-14-10-4-2-1-3-5-10/h1-5,9,11H,6-8H2/t9-/m1/s1. The fraction of sp³-hybridized carbons (Fsp3) is 0.400. The first kappa shape index (κ1) is 10.4. The van der Waals surface area contributed by atoms with E-state index in [0.29, 0.717) is 13.0 Å². The Kier molecular flexibility index (Phi) is 2.93. The molecule has 0 bridgehead atoms. The van der Waals surface area contributed by atoms with Gasteiger partial charge in [0, 0.05) is 0 Å². The zero-order valence-corrected chi connectivity index (χ0v) is 9.03. The molecule has 1 fully saturated rings. The summed E-state index contributed by atoms with van der Waals surface area (Å²) in [6, 6.07) is 9.29. The van der Waals surface area contributed by atoms with Crippen molar-refractivity contribution >= 4 is 10.0 Å². The molecular weight excluding hydrogens is 214 g/mol. The van der Waals surface area contributed by atoms with Gasteiger partial charge >= 0.3 is 0 Å². The lowest BCUT2D eigenvalue weighted by Gasteiger charge is -2.10. The molecule has 0 aromatic heterocycles. The molecule has 0 aliphatic carbocycles. The van der Waals surface area contributed by atoms with E-state index in [2.05, 4.69) is 4.72 Å². The van der Waals surface area contributed by atoms with Gasteiger partial charge < -0.3 is 4.74 Å². The number of para-hydroxylation sites is 1.